The van der Waals surface area contributed by atoms with E-state index in [0.29, 0.717) is 5.56 Å². The number of carbonyl (C=O) groups excluding carboxylic acids is 1. The second-order valence-corrected chi connectivity index (χ2v) is 1.98. The van der Waals surface area contributed by atoms with Crippen molar-refractivity contribution < 1.29 is 42.5 Å². The predicted octanol–water partition coefficient (Wildman–Crippen LogP) is 2.07. The maximum absolute atomic E-state index is 10.4. The fourth-order valence-electron chi connectivity index (χ4n) is 0.569. The molecule has 0 radical (unpaired) electrons. The van der Waals surface area contributed by atoms with Gasteiger partial charge in [0.25, 0.3) is 5.24 Å². The molecule has 0 aliphatic heterocycles. The van der Waals surface area contributed by atoms with Gasteiger partial charge in [0.1, 0.15) is 0 Å². The van der Waals surface area contributed by atoms with E-state index in [1.807, 2.05) is 6.07 Å². The third-order valence-electron chi connectivity index (χ3n) is 1.00. The fraction of sp³-hybridized carbons (Fsp3) is 0. The Bertz CT molecular complexity index is 210. The van der Waals surface area contributed by atoms with Crippen LogP contribution in [0.15, 0.2) is 30.3 Å². The van der Waals surface area contributed by atoms with E-state index in [-0.39, 0.29) is 37.7 Å². The monoisotopic (exact) mass is 180 g/mol. The van der Waals surface area contributed by atoms with Crippen molar-refractivity contribution in [2.24, 2.45) is 0 Å². The molecule has 0 atom stereocenters. The van der Waals surface area contributed by atoms with Crippen LogP contribution in [-0.2, 0) is 0 Å². The van der Waals surface area contributed by atoms with Crippen LogP contribution in [0.2, 0.25) is 0 Å². The second-order valence-electron chi connectivity index (χ2n) is 1.64. The van der Waals surface area contributed by atoms with Crippen LogP contribution in [-0.4, -0.2) is 5.24 Å². The van der Waals surface area contributed by atoms with Crippen molar-refractivity contribution in [2.75, 3.05) is 0 Å². The summed E-state index contributed by atoms with van der Waals surface area (Å²) >= 11 is 5.16. The first-order valence-electron chi connectivity index (χ1n) is 2.55. The molecule has 0 aromatic heterocycles. The van der Waals surface area contributed by atoms with Gasteiger partial charge in [0.05, 0.1) is 0 Å². The van der Waals surface area contributed by atoms with E-state index in [0.717, 1.165) is 0 Å². The Labute approximate surface area is 94.4 Å². The standard InChI is InChI=1S/C7H5ClO.Ar/c8-7(9)6-4-2-1-3-5-6;/h1-5H;. The topological polar surface area (TPSA) is 17.1 Å². The van der Waals surface area contributed by atoms with Gasteiger partial charge < -0.3 is 0 Å². The Balaban J connectivity index is 0.000000810. The summed E-state index contributed by atoms with van der Waals surface area (Å²) in [5.41, 5.74) is 0.541. The van der Waals surface area contributed by atoms with E-state index in [9.17, 15) is 4.79 Å². The molecule has 10 heavy (non-hydrogen) atoms. The van der Waals surface area contributed by atoms with Gasteiger partial charge in [-0.15, -0.1) is 0 Å². The Hall–Kier alpha value is 0.440. The predicted molar refractivity (Wildman–Crippen MR) is 36.6 cm³/mol. The van der Waals surface area contributed by atoms with Gasteiger partial charge in [-0.25, -0.2) is 0 Å². The first-order valence-corrected chi connectivity index (χ1v) is 2.93. The van der Waals surface area contributed by atoms with Crippen LogP contribution in [0, 0.1) is 37.7 Å². The summed E-state index contributed by atoms with van der Waals surface area (Å²) in [4.78, 5) is 10.4. The molecule has 0 fully saturated rings. The molecule has 1 aromatic carbocycles. The van der Waals surface area contributed by atoms with E-state index < -0.39 is 5.24 Å². The Morgan fingerprint density at radius 2 is 1.70 bits per heavy atom. The molecule has 0 aliphatic rings. The SMILES string of the molecule is O=C(Cl)c1ccccc1.[Ar]. The zero-order valence-corrected chi connectivity index (χ0v) is 6.49. The molecule has 0 saturated carbocycles. The normalized spacial score (nSPS) is 8.10. The summed E-state index contributed by atoms with van der Waals surface area (Å²) in [6, 6.07) is 8.74. The molecule has 0 saturated heterocycles. The van der Waals surface area contributed by atoms with Gasteiger partial charge in [0.2, 0.25) is 0 Å². The zero-order valence-electron chi connectivity index (χ0n) is 5.03. The molecule has 0 unspecified atom stereocenters. The zero-order chi connectivity index (χ0) is 6.69. The maximum Gasteiger partial charge on any atom is 0.252 e. The quantitative estimate of drug-likeness (QED) is 0.605. The molecule has 0 heterocycles. The smallest absolute Gasteiger partial charge is 0.252 e. The molecular weight excluding hydrogens is 175 g/mol. The van der Waals surface area contributed by atoms with Gasteiger partial charge in [-0.1, -0.05) is 30.3 Å². The summed E-state index contributed by atoms with van der Waals surface area (Å²) in [6.45, 7) is 0. The van der Waals surface area contributed by atoms with Crippen LogP contribution in [0.4, 0.5) is 0 Å². The van der Waals surface area contributed by atoms with Gasteiger partial charge in [-0.05, 0) is 11.6 Å². The summed E-state index contributed by atoms with van der Waals surface area (Å²) in [5.74, 6) is 0. The number of hydrogen-bond donors (Lipinski definition) is 0. The van der Waals surface area contributed by atoms with Crippen molar-refractivity contribution in [3.8, 4) is 0 Å². The fourth-order valence-corrected chi connectivity index (χ4v) is 0.695. The van der Waals surface area contributed by atoms with Crippen LogP contribution in [0.1, 0.15) is 10.4 Å². The number of rotatable bonds is 1. The van der Waals surface area contributed by atoms with Crippen molar-refractivity contribution in [2.45, 2.75) is 0 Å². The molecule has 1 rings (SSSR count). The minimum Gasteiger partial charge on any atom is -0.276 e. The molecule has 54 valence electrons. The Morgan fingerprint density at radius 1 is 1.20 bits per heavy atom. The molecule has 1 nitrogen and oxygen atoms in total. The third kappa shape index (κ3) is 3.02. The van der Waals surface area contributed by atoms with E-state index in [4.69, 9.17) is 11.6 Å². The number of benzene rings is 1. The summed E-state index contributed by atoms with van der Waals surface area (Å²) < 4.78 is 0. The molecule has 0 amide bonds. The minimum absolute atomic E-state index is 0. The van der Waals surface area contributed by atoms with Crippen molar-refractivity contribution in [3.05, 3.63) is 35.9 Å². The van der Waals surface area contributed by atoms with E-state index in [1.165, 1.54) is 0 Å². The van der Waals surface area contributed by atoms with Gasteiger partial charge in [-0.2, -0.15) is 0 Å². The molecule has 0 spiro atoms. The minimum atomic E-state index is -0.407. The van der Waals surface area contributed by atoms with Gasteiger partial charge in [0.15, 0.2) is 0 Å². The van der Waals surface area contributed by atoms with Gasteiger partial charge in [0, 0.05) is 43.3 Å². The van der Waals surface area contributed by atoms with Gasteiger partial charge >= 0.3 is 0 Å². The largest absolute Gasteiger partial charge is 0.276 e. The van der Waals surface area contributed by atoms with Crippen LogP contribution in [0.3, 0.4) is 0 Å². The molecule has 3 heteroatoms. The first-order chi connectivity index (χ1) is 4.30. The summed E-state index contributed by atoms with van der Waals surface area (Å²) in [5, 5.41) is -0.407. The van der Waals surface area contributed by atoms with Crippen molar-refractivity contribution >= 4 is 16.8 Å². The van der Waals surface area contributed by atoms with Crippen LogP contribution in [0.5, 0.6) is 0 Å². The molecule has 1 aromatic rings. The first kappa shape index (κ1) is 10.4. The number of carbonyl (C=O) groups is 1. The molecule has 0 N–H and O–H groups in total. The third-order valence-corrected chi connectivity index (χ3v) is 1.22. The van der Waals surface area contributed by atoms with Crippen molar-refractivity contribution in [1.82, 2.24) is 0 Å². The summed E-state index contributed by atoms with van der Waals surface area (Å²) in [7, 11) is 0. The number of halogens is 1. The van der Waals surface area contributed by atoms with E-state index >= 15 is 0 Å². The van der Waals surface area contributed by atoms with E-state index in [1.54, 1.807) is 24.3 Å². The van der Waals surface area contributed by atoms with Gasteiger partial charge in [-0.3, -0.25) is 4.79 Å². The number of hydrogen-bond acceptors (Lipinski definition) is 1. The Kier molecular flexibility index (Phi) is 5.36. The second kappa shape index (κ2) is 5.14. The maximum atomic E-state index is 10.4. The molecule has 0 aliphatic carbocycles. The van der Waals surface area contributed by atoms with Crippen LogP contribution in [0.25, 0.3) is 0 Å². The van der Waals surface area contributed by atoms with Crippen molar-refractivity contribution in [1.29, 1.82) is 0 Å². The van der Waals surface area contributed by atoms with Crippen molar-refractivity contribution in [3.63, 3.8) is 0 Å². The average Bonchev–Trinajstić information content (AvgIpc) is 1.90. The molecule has 0 bridgehead atoms. The van der Waals surface area contributed by atoms with Crippen LogP contribution >= 0.6 is 11.6 Å². The van der Waals surface area contributed by atoms with E-state index in [2.05, 4.69) is 0 Å². The molecular formula is C7H5ArClO. The average molecular weight is 181 g/mol. The van der Waals surface area contributed by atoms with Crippen LogP contribution < -0.4 is 0 Å². The Morgan fingerprint density at radius 3 is 2.00 bits per heavy atom. The summed E-state index contributed by atoms with van der Waals surface area (Å²) in [6.07, 6.45) is 0.